The number of nitrogens with zero attached hydrogens (tertiary/aromatic N) is 2. The van der Waals surface area contributed by atoms with Crippen LogP contribution >= 0.6 is 0 Å². The van der Waals surface area contributed by atoms with Gasteiger partial charge in [0.05, 0.1) is 16.5 Å². The minimum Gasteiger partial charge on any atom is -0.327 e. The van der Waals surface area contributed by atoms with Gasteiger partial charge < -0.3 is 5.73 Å². The average Bonchev–Trinajstić information content (AvgIpc) is 2.42. The second-order valence-electron chi connectivity index (χ2n) is 5.38. The first-order valence-corrected chi connectivity index (χ1v) is 8.06. The van der Waals surface area contributed by atoms with Gasteiger partial charge in [-0.15, -0.1) is 0 Å². The van der Waals surface area contributed by atoms with Gasteiger partial charge in [-0.2, -0.15) is 9.57 Å². The van der Waals surface area contributed by atoms with E-state index in [1.165, 1.54) is 10.4 Å². The Morgan fingerprint density at radius 1 is 1.45 bits per heavy atom. The van der Waals surface area contributed by atoms with Gasteiger partial charge in [0.15, 0.2) is 0 Å². The summed E-state index contributed by atoms with van der Waals surface area (Å²) in [5.74, 6) is 0.137. The molecule has 6 heteroatoms. The van der Waals surface area contributed by atoms with Crippen LogP contribution in [0.4, 0.5) is 0 Å². The van der Waals surface area contributed by atoms with Gasteiger partial charge in [0.25, 0.3) is 0 Å². The maximum atomic E-state index is 12.7. The Morgan fingerprint density at radius 3 is 2.75 bits per heavy atom. The van der Waals surface area contributed by atoms with Gasteiger partial charge in [-0.25, -0.2) is 8.42 Å². The molecular formula is C14H19N3O2S. The fraction of sp³-hybridized carbons (Fsp3) is 0.500. The monoisotopic (exact) mass is 293 g/mol. The lowest BCUT2D eigenvalue weighted by Crippen LogP contribution is -2.48. The van der Waals surface area contributed by atoms with E-state index < -0.39 is 10.0 Å². The molecule has 20 heavy (non-hydrogen) atoms. The molecule has 0 aliphatic carbocycles. The Balaban J connectivity index is 2.38. The number of hydrogen-bond donors (Lipinski definition) is 1. The van der Waals surface area contributed by atoms with Gasteiger partial charge in [0.2, 0.25) is 10.0 Å². The quantitative estimate of drug-likeness (QED) is 0.888. The summed E-state index contributed by atoms with van der Waals surface area (Å²) < 4.78 is 26.9. The molecule has 2 unspecified atom stereocenters. The third kappa shape index (κ3) is 2.70. The first-order valence-electron chi connectivity index (χ1n) is 6.62. The van der Waals surface area contributed by atoms with Crippen molar-refractivity contribution in [1.82, 2.24) is 4.31 Å². The van der Waals surface area contributed by atoms with Crippen LogP contribution in [0.5, 0.6) is 0 Å². The number of nitriles is 1. The number of hydrogen-bond acceptors (Lipinski definition) is 4. The minimum absolute atomic E-state index is 0.0491. The van der Waals surface area contributed by atoms with Crippen molar-refractivity contribution in [2.45, 2.75) is 31.2 Å². The third-order valence-electron chi connectivity index (χ3n) is 3.87. The van der Waals surface area contributed by atoms with E-state index in [4.69, 9.17) is 11.0 Å². The second kappa shape index (κ2) is 5.52. The van der Waals surface area contributed by atoms with Crippen molar-refractivity contribution in [1.29, 1.82) is 5.26 Å². The Hall–Kier alpha value is -1.42. The largest absolute Gasteiger partial charge is 0.327 e. The molecule has 108 valence electrons. The summed E-state index contributed by atoms with van der Waals surface area (Å²) in [5.41, 5.74) is 6.95. The molecule has 0 spiro atoms. The highest BCUT2D eigenvalue weighted by molar-refractivity contribution is 7.89. The van der Waals surface area contributed by atoms with Crippen molar-refractivity contribution >= 4 is 10.0 Å². The SMILES string of the molecule is Cc1ccc(C#N)cc1S(=O)(=O)N1CCC(N)C(C)C1. The van der Waals surface area contributed by atoms with Gasteiger partial charge in [-0.1, -0.05) is 13.0 Å². The summed E-state index contributed by atoms with van der Waals surface area (Å²) in [6.45, 7) is 4.57. The van der Waals surface area contributed by atoms with Gasteiger partial charge >= 0.3 is 0 Å². The molecule has 0 radical (unpaired) electrons. The second-order valence-corrected chi connectivity index (χ2v) is 7.29. The summed E-state index contributed by atoms with van der Waals surface area (Å²) in [4.78, 5) is 0.222. The van der Waals surface area contributed by atoms with Crippen molar-refractivity contribution in [3.8, 4) is 6.07 Å². The van der Waals surface area contributed by atoms with Crippen LogP contribution in [0.25, 0.3) is 0 Å². The molecule has 0 bridgehead atoms. The molecule has 2 N–H and O–H groups in total. The smallest absolute Gasteiger partial charge is 0.243 e. The molecule has 0 amide bonds. The predicted molar refractivity (Wildman–Crippen MR) is 76.4 cm³/mol. The molecule has 5 nitrogen and oxygen atoms in total. The molecule has 1 aromatic rings. The van der Waals surface area contributed by atoms with Crippen LogP contribution in [0, 0.1) is 24.2 Å². The molecule has 0 saturated carbocycles. The van der Waals surface area contributed by atoms with E-state index in [0.29, 0.717) is 30.6 Å². The minimum atomic E-state index is -3.55. The van der Waals surface area contributed by atoms with Gasteiger partial charge in [-0.05, 0) is 37.0 Å². The van der Waals surface area contributed by atoms with Crippen LogP contribution in [-0.4, -0.2) is 31.9 Å². The molecule has 0 aromatic heterocycles. The van der Waals surface area contributed by atoms with Crippen LogP contribution in [0.3, 0.4) is 0 Å². The lowest BCUT2D eigenvalue weighted by atomic mass is 9.96. The maximum absolute atomic E-state index is 12.7. The highest BCUT2D eigenvalue weighted by Crippen LogP contribution is 2.25. The predicted octanol–water partition coefficient (Wildman–Crippen LogP) is 1.22. The number of rotatable bonds is 2. The van der Waals surface area contributed by atoms with Gasteiger partial charge in [-0.3, -0.25) is 0 Å². The molecule has 2 atom stereocenters. The highest BCUT2D eigenvalue weighted by atomic mass is 32.2. The van der Waals surface area contributed by atoms with Crippen LogP contribution in [0.15, 0.2) is 23.1 Å². The van der Waals surface area contributed by atoms with Crippen molar-refractivity contribution < 1.29 is 8.42 Å². The zero-order chi connectivity index (χ0) is 14.9. The lowest BCUT2D eigenvalue weighted by Gasteiger charge is -2.34. The molecule has 1 aliphatic rings. The first kappa shape index (κ1) is 15.0. The number of aryl methyl sites for hydroxylation is 1. The molecule has 1 aromatic carbocycles. The van der Waals surface area contributed by atoms with Gasteiger partial charge in [0.1, 0.15) is 0 Å². The number of nitrogens with two attached hydrogens (primary N) is 1. The fourth-order valence-electron chi connectivity index (χ4n) is 2.43. The Kier molecular flexibility index (Phi) is 4.14. The molecule has 2 rings (SSSR count). The summed E-state index contributed by atoms with van der Waals surface area (Å²) >= 11 is 0. The van der Waals surface area contributed by atoms with E-state index in [9.17, 15) is 8.42 Å². The number of sulfonamides is 1. The summed E-state index contributed by atoms with van der Waals surface area (Å²) in [5, 5.41) is 8.93. The highest BCUT2D eigenvalue weighted by Gasteiger charge is 2.32. The van der Waals surface area contributed by atoms with Crippen LogP contribution in [0.2, 0.25) is 0 Å². The van der Waals surface area contributed by atoms with E-state index in [2.05, 4.69) is 0 Å². The first-order chi connectivity index (χ1) is 9.36. The summed E-state index contributed by atoms with van der Waals surface area (Å²) in [6.07, 6.45) is 0.664. The third-order valence-corrected chi connectivity index (χ3v) is 5.88. The van der Waals surface area contributed by atoms with Crippen LogP contribution in [-0.2, 0) is 10.0 Å². The van der Waals surface area contributed by atoms with Crippen molar-refractivity contribution in [2.75, 3.05) is 13.1 Å². The number of benzene rings is 1. The summed E-state index contributed by atoms with van der Waals surface area (Å²) in [7, 11) is -3.55. The van der Waals surface area contributed by atoms with E-state index in [1.807, 2.05) is 13.0 Å². The number of piperidine rings is 1. The maximum Gasteiger partial charge on any atom is 0.243 e. The van der Waals surface area contributed by atoms with E-state index >= 15 is 0 Å². The fourth-order valence-corrected chi connectivity index (χ4v) is 4.24. The zero-order valence-corrected chi connectivity index (χ0v) is 12.5. The molecule has 1 fully saturated rings. The summed E-state index contributed by atoms with van der Waals surface area (Å²) in [6, 6.07) is 6.78. The molecular weight excluding hydrogens is 274 g/mol. The molecule has 1 heterocycles. The van der Waals surface area contributed by atoms with Crippen LogP contribution < -0.4 is 5.73 Å². The average molecular weight is 293 g/mol. The Morgan fingerprint density at radius 2 is 2.15 bits per heavy atom. The van der Waals surface area contributed by atoms with Crippen molar-refractivity contribution in [3.63, 3.8) is 0 Å². The molecule has 1 saturated heterocycles. The Labute approximate surface area is 120 Å². The standard InChI is InChI=1S/C14H19N3O2S/c1-10-3-4-12(8-15)7-14(10)20(18,19)17-6-5-13(16)11(2)9-17/h3-4,7,11,13H,5-6,9,16H2,1-2H3. The van der Waals surface area contributed by atoms with E-state index in [1.54, 1.807) is 19.1 Å². The van der Waals surface area contributed by atoms with Crippen molar-refractivity contribution in [3.05, 3.63) is 29.3 Å². The van der Waals surface area contributed by atoms with E-state index in [-0.39, 0.29) is 16.9 Å². The molecule has 1 aliphatic heterocycles. The topological polar surface area (TPSA) is 87.2 Å². The van der Waals surface area contributed by atoms with Crippen LogP contribution in [0.1, 0.15) is 24.5 Å². The lowest BCUT2D eigenvalue weighted by molar-refractivity contribution is 0.250. The van der Waals surface area contributed by atoms with E-state index in [0.717, 1.165) is 0 Å². The van der Waals surface area contributed by atoms with Crippen molar-refractivity contribution in [2.24, 2.45) is 11.7 Å². The van der Waals surface area contributed by atoms with Gasteiger partial charge in [0, 0.05) is 19.1 Å². The zero-order valence-electron chi connectivity index (χ0n) is 11.7. The normalized spacial score (nSPS) is 24.3. The Bertz CT molecular complexity index is 649.